The molecule has 0 fully saturated rings. The van der Waals surface area contributed by atoms with Gasteiger partial charge in [-0.15, -0.1) is 0 Å². The summed E-state index contributed by atoms with van der Waals surface area (Å²) >= 11 is 0. The van der Waals surface area contributed by atoms with Crippen molar-refractivity contribution in [3.63, 3.8) is 0 Å². The second-order valence-electron chi connectivity index (χ2n) is 11.7. The van der Waals surface area contributed by atoms with Crippen molar-refractivity contribution in [2.24, 2.45) is 0 Å². The standard InChI is InChI=1S/C40H65NO5/c1-3-5-7-9-11-12-13-14-15-16-17-18-19-20-21-22-23-25-31-35-40(45)46-37(32-28-24-10-8-6-4-2)33-29-26-27-30-34-38(42)41-36-39(43)44/h5,7,11-12,14-15,17-18,20-21,28,32,37H,3-4,6,8-10,13,16,19,22-27,29-31,33-36H2,1-2H3,(H,41,42)(H,43,44)/b7-5-,12-11-,15-14-,18-17-,21-20-,32-28-. The lowest BCUT2D eigenvalue weighted by Gasteiger charge is -2.15. The predicted octanol–water partition coefficient (Wildman–Crippen LogP) is 10.7. The van der Waals surface area contributed by atoms with E-state index in [0.29, 0.717) is 12.8 Å². The highest BCUT2D eigenvalue weighted by Gasteiger charge is 2.11. The molecule has 1 unspecified atom stereocenters. The Hall–Kier alpha value is -3.15. The number of hydrogen-bond donors (Lipinski definition) is 2. The van der Waals surface area contributed by atoms with Crippen LogP contribution in [-0.2, 0) is 19.1 Å². The van der Waals surface area contributed by atoms with E-state index in [-0.39, 0.29) is 24.5 Å². The van der Waals surface area contributed by atoms with E-state index in [1.807, 2.05) is 0 Å². The molecule has 0 saturated heterocycles. The Kier molecular flexibility index (Phi) is 32.3. The molecule has 0 aliphatic carbocycles. The molecule has 1 amide bonds. The molecule has 0 aromatic carbocycles. The average Bonchev–Trinajstić information content (AvgIpc) is 3.04. The lowest BCUT2D eigenvalue weighted by atomic mass is 10.1. The molecule has 0 bridgehead atoms. The van der Waals surface area contributed by atoms with E-state index >= 15 is 0 Å². The molecular formula is C40H65NO5. The summed E-state index contributed by atoms with van der Waals surface area (Å²) in [5.74, 6) is -1.38. The zero-order chi connectivity index (χ0) is 33.8. The number of allylic oxidation sites excluding steroid dienone is 11. The molecule has 0 aliphatic heterocycles. The van der Waals surface area contributed by atoms with E-state index in [0.717, 1.165) is 103 Å². The van der Waals surface area contributed by atoms with Crippen LogP contribution in [0, 0.1) is 0 Å². The summed E-state index contributed by atoms with van der Waals surface area (Å²) in [6.07, 6.45) is 46.1. The van der Waals surface area contributed by atoms with Gasteiger partial charge in [-0.2, -0.15) is 0 Å². The van der Waals surface area contributed by atoms with Gasteiger partial charge < -0.3 is 15.2 Å². The van der Waals surface area contributed by atoms with Crippen LogP contribution in [0.25, 0.3) is 0 Å². The SMILES string of the molecule is CC/C=C\C/C=C\C/C=C\C/C=C\C/C=C\CCCCCC(=O)OC(/C=C\CCCCCC)CCCCCCC(=O)NCC(=O)O. The maximum atomic E-state index is 12.6. The number of carboxylic acids is 1. The second-order valence-corrected chi connectivity index (χ2v) is 11.7. The molecule has 0 aromatic rings. The van der Waals surface area contributed by atoms with Crippen LogP contribution in [-0.4, -0.2) is 35.6 Å². The predicted molar refractivity (Wildman–Crippen MR) is 194 cm³/mol. The summed E-state index contributed by atoms with van der Waals surface area (Å²) in [7, 11) is 0. The molecule has 0 radical (unpaired) electrons. The fourth-order valence-electron chi connectivity index (χ4n) is 4.68. The topological polar surface area (TPSA) is 92.7 Å². The van der Waals surface area contributed by atoms with Crippen molar-refractivity contribution >= 4 is 17.8 Å². The monoisotopic (exact) mass is 639 g/mol. The van der Waals surface area contributed by atoms with Crippen LogP contribution in [0.4, 0.5) is 0 Å². The Morgan fingerprint density at radius 3 is 1.74 bits per heavy atom. The van der Waals surface area contributed by atoms with Crippen molar-refractivity contribution in [2.45, 2.75) is 155 Å². The molecule has 0 rings (SSSR count). The second kappa shape index (κ2) is 34.7. The fourth-order valence-corrected chi connectivity index (χ4v) is 4.68. The van der Waals surface area contributed by atoms with Gasteiger partial charge in [-0.1, -0.05) is 119 Å². The van der Waals surface area contributed by atoms with Gasteiger partial charge in [-0.25, -0.2) is 0 Å². The van der Waals surface area contributed by atoms with Gasteiger partial charge in [0, 0.05) is 12.8 Å². The average molecular weight is 640 g/mol. The Bertz CT molecular complexity index is 928. The third kappa shape index (κ3) is 33.7. The van der Waals surface area contributed by atoms with Gasteiger partial charge in [0.05, 0.1) is 0 Å². The Morgan fingerprint density at radius 1 is 0.609 bits per heavy atom. The minimum atomic E-state index is -1.03. The van der Waals surface area contributed by atoms with Crippen molar-refractivity contribution in [3.8, 4) is 0 Å². The van der Waals surface area contributed by atoms with Crippen LogP contribution in [0.1, 0.15) is 149 Å². The molecule has 46 heavy (non-hydrogen) atoms. The number of carbonyl (C=O) groups is 3. The number of ether oxygens (including phenoxy) is 1. The molecule has 0 aromatic heterocycles. The van der Waals surface area contributed by atoms with E-state index in [2.05, 4.69) is 92.1 Å². The van der Waals surface area contributed by atoms with E-state index < -0.39 is 5.97 Å². The highest BCUT2D eigenvalue weighted by molar-refractivity contribution is 5.80. The number of carboxylic acid groups (broad SMARTS) is 1. The normalized spacial score (nSPS) is 12.9. The van der Waals surface area contributed by atoms with Crippen molar-refractivity contribution < 1.29 is 24.2 Å². The third-order valence-electron chi connectivity index (χ3n) is 7.35. The highest BCUT2D eigenvalue weighted by Crippen LogP contribution is 2.14. The number of amides is 1. The van der Waals surface area contributed by atoms with E-state index in [9.17, 15) is 14.4 Å². The van der Waals surface area contributed by atoms with Gasteiger partial charge >= 0.3 is 11.9 Å². The molecule has 0 aliphatic rings. The number of carbonyl (C=O) groups excluding carboxylic acids is 2. The van der Waals surface area contributed by atoms with E-state index in [4.69, 9.17) is 9.84 Å². The number of nitrogens with one attached hydrogen (secondary N) is 1. The quantitative estimate of drug-likeness (QED) is 0.0447. The first-order valence-electron chi connectivity index (χ1n) is 18.1. The Morgan fingerprint density at radius 2 is 1.13 bits per heavy atom. The van der Waals surface area contributed by atoms with Gasteiger partial charge in [0.1, 0.15) is 12.6 Å². The molecule has 0 heterocycles. The highest BCUT2D eigenvalue weighted by atomic mass is 16.5. The summed E-state index contributed by atoms with van der Waals surface area (Å²) in [5.41, 5.74) is 0. The Balaban J connectivity index is 4.14. The largest absolute Gasteiger partial charge is 0.480 e. The summed E-state index contributed by atoms with van der Waals surface area (Å²) in [6, 6.07) is 0. The van der Waals surface area contributed by atoms with Crippen LogP contribution in [0.3, 0.4) is 0 Å². The number of aliphatic carboxylic acids is 1. The molecule has 2 N–H and O–H groups in total. The fraction of sp³-hybridized carbons (Fsp3) is 0.625. The van der Waals surface area contributed by atoms with Crippen LogP contribution in [0.2, 0.25) is 0 Å². The molecule has 260 valence electrons. The number of rotatable bonds is 31. The Labute approximate surface area is 281 Å². The summed E-state index contributed by atoms with van der Waals surface area (Å²) in [5, 5.41) is 11.0. The van der Waals surface area contributed by atoms with Crippen LogP contribution < -0.4 is 5.32 Å². The van der Waals surface area contributed by atoms with Crippen LogP contribution >= 0.6 is 0 Å². The van der Waals surface area contributed by atoms with Crippen LogP contribution in [0.15, 0.2) is 72.9 Å². The zero-order valence-corrected chi connectivity index (χ0v) is 29.1. The zero-order valence-electron chi connectivity index (χ0n) is 29.1. The maximum absolute atomic E-state index is 12.6. The molecule has 6 heteroatoms. The minimum Gasteiger partial charge on any atom is -0.480 e. The molecule has 1 atom stereocenters. The maximum Gasteiger partial charge on any atom is 0.322 e. The lowest BCUT2D eigenvalue weighted by molar-refractivity contribution is -0.147. The van der Waals surface area contributed by atoms with Crippen molar-refractivity contribution in [1.82, 2.24) is 5.32 Å². The number of esters is 1. The first-order valence-corrected chi connectivity index (χ1v) is 18.1. The van der Waals surface area contributed by atoms with E-state index in [1.165, 1.54) is 19.3 Å². The van der Waals surface area contributed by atoms with Gasteiger partial charge in [0.25, 0.3) is 0 Å². The van der Waals surface area contributed by atoms with E-state index in [1.54, 1.807) is 0 Å². The molecule has 0 spiro atoms. The first-order chi connectivity index (χ1) is 22.5. The van der Waals surface area contributed by atoms with Crippen molar-refractivity contribution in [1.29, 1.82) is 0 Å². The number of hydrogen-bond acceptors (Lipinski definition) is 4. The summed E-state index contributed by atoms with van der Waals surface area (Å²) < 4.78 is 5.84. The smallest absolute Gasteiger partial charge is 0.322 e. The molecular weight excluding hydrogens is 574 g/mol. The summed E-state index contributed by atoms with van der Waals surface area (Å²) in [6.45, 7) is 4.03. The molecule has 0 saturated carbocycles. The van der Waals surface area contributed by atoms with Crippen molar-refractivity contribution in [2.75, 3.05) is 6.54 Å². The lowest BCUT2D eigenvalue weighted by Crippen LogP contribution is -2.28. The number of unbranched alkanes of at least 4 members (excludes halogenated alkanes) is 10. The van der Waals surface area contributed by atoms with Gasteiger partial charge in [-0.05, 0) is 89.5 Å². The van der Waals surface area contributed by atoms with Gasteiger partial charge in [-0.3, -0.25) is 14.4 Å². The molecule has 6 nitrogen and oxygen atoms in total. The van der Waals surface area contributed by atoms with Gasteiger partial charge in [0.2, 0.25) is 5.91 Å². The first kappa shape index (κ1) is 42.9. The van der Waals surface area contributed by atoms with Crippen molar-refractivity contribution in [3.05, 3.63) is 72.9 Å². The third-order valence-corrected chi connectivity index (χ3v) is 7.35. The minimum absolute atomic E-state index is 0.120. The van der Waals surface area contributed by atoms with Crippen LogP contribution in [0.5, 0.6) is 0 Å². The van der Waals surface area contributed by atoms with Gasteiger partial charge in [0.15, 0.2) is 0 Å². The summed E-state index contributed by atoms with van der Waals surface area (Å²) in [4.78, 5) is 34.7.